The third-order valence-corrected chi connectivity index (χ3v) is 6.26. The van der Waals surface area contributed by atoms with Crippen molar-refractivity contribution >= 4 is 45.9 Å². The van der Waals surface area contributed by atoms with Crippen molar-refractivity contribution in [1.82, 2.24) is 9.55 Å². The van der Waals surface area contributed by atoms with Crippen molar-refractivity contribution in [2.45, 2.75) is 25.5 Å². The number of anilines is 1. The first-order valence-electron chi connectivity index (χ1n) is 10.1. The predicted molar refractivity (Wildman–Crippen MR) is 132 cm³/mol. The largest absolute Gasteiger partial charge is 0.325 e. The van der Waals surface area contributed by atoms with Gasteiger partial charge >= 0.3 is 0 Å². The molecule has 4 aromatic rings. The fraction of sp³-hybridized carbons (Fsp3) is 0.160. The molecule has 0 saturated carbocycles. The van der Waals surface area contributed by atoms with Crippen molar-refractivity contribution < 1.29 is 4.79 Å². The first kappa shape index (κ1) is 22.1. The molecule has 7 heteroatoms. The van der Waals surface area contributed by atoms with Gasteiger partial charge in [0.15, 0.2) is 5.16 Å². The van der Waals surface area contributed by atoms with Crippen LogP contribution in [0.2, 0.25) is 5.02 Å². The number of rotatable bonds is 6. The lowest BCUT2D eigenvalue weighted by Crippen LogP contribution is -2.25. The quantitative estimate of drug-likeness (QED) is 0.305. The monoisotopic (exact) mass is 463 g/mol. The average molecular weight is 464 g/mol. The number of carbonyl (C=O) groups is 1. The number of amides is 1. The van der Waals surface area contributed by atoms with Crippen LogP contribution < -0.4 is 10.9 Å². The van der Waals surface area contributed by atoms with Crippen molar-refractivity contribution in [3.63, 3.8) is 0 Å². The van der Waals surface area contributed by atoms with Crippen LogP contribution in [-0.4, -0.2) is 21.2 Å². The van der Waals surface area contributed by atoms with Crippen molar-refractivity contribution in [3.8, 4) is 0 Å². The van der Waals surface area contributed by atoms with Crippen LogP contribution in [0.25, 0.3) is 10.9 Å². The molecule has 1 N–H and O–H groups in total. The Morgan fingerprint density at radius 3 is 2.66 bits per heavy atom. The summed E-state index contributed by atoms with van der Waals surface area (Å²) in [5, 5.41) is 4.58. The molecule has 0 fully saturated rings. The molecule has 3 aromatic carbocycles. The predicted octanol–water partition coefficient (Wildman–Crippen LogP) is 5.45. The first-order chi connectivity index (χ1) is 15.4. The van der Waals surface area contributed by atoms with Gasteiger partial charge in [-0.3, -0.25) is 14.2 Å². The van der Waals surface area contributed by atoms with E-state index in [2.05, 4.69) is 10.3 Å². The zero-order valence-corrected chi connectivity index (χ0v) is 19.3. The van der Waals surface area contributed by atoms with Gasteiger partial charge in [0.05, 0.1) is 23.2 Å². The van der Waals surface area contributed by atoms with Crippen molar-refractivity contribution in [2.75, 3.05) is 11.1 Å². The second-order valence-corrected chi connectivity index (χ2v) is 8.97. The number of benzene rings is 3. The third-order valence-electron chi connectivity index (χ3n) is 5.04. The van der Waals surface area contributed by atoms with Gasteiger partial charge in [-0.25, -0.2) is 4.98 Å². The molecule has 1 heterocycles. The molecule has 0 radical (unpaired) electrons. The maximum Gasteiger partial charge on any atom is 0.262 e. The Balaban J connectivity index is 1.61. The van der Waals surface area contributed by atoms with Gasteiger partial charge in [-0.05, 0) is 55.3 Å². The van der Waals surface area contributed by atoms with E-state index < -0.39 is 0 Å². The van der Waals surface area contributed by atoms with Gasteiger partial charge in [-0.15, -0.1) is 0 Å². The molecule has 0 bridgehead atoms. The summed E-state index contributed by atoms with van der Waals surface area (Å²) < 4.78 is 1.60. The van der Waals surface area contributed by atoms with Gasteiger partial charge in [0.25, 0.3) is 5.56 Å². The number of aromatic nitrogens is 2. The van der Waals surface area contributed by atoms with Crippen LogP contribution in [0.1, 0.15) is 16.7 Å². The lowest BCUT2D eigenvalue weighted by molar-refractivity contribution is -0.113. The minimum absolute atomic E-state index is 0.133. The Morgan fingerprint density at radius 1 is 1.06 bits per heavy atom. The molecule has 0 aliphatic carbocycles. The number of aryl methyl sites for hydroxylation is 2. The molecule has 0 spiro atoms. The van der Waals surface area contributed by atoms with E-state index in [1.807, 2.05) is 62.4 Å². The van der Waals surface area contributed by atoms with E-state index in [1.54, 1.807) is 22.8 Å². The number of thioether (sulfide) groups is 1. The molecule has 0 aliphatic rings. The minimum atomic E-state index is -0.154. The standard InChI is InChI=1S/C25H22ClN3O2S/c1-16-10-11-21(17(2)12-16)27-23(30)15-32-25-28-22-9-4-3-8-20(22)24(31)29(25)14-18-6-5-7-19(26)13-18/h3-13H,14-15H2,1-2H3,(H,27,30). The van der Waals surface area contributed by atoms with Crippen molar-refractivity contribution in [3.05, 3.63) is 98.8 Å². The summed E-state index contributed by atoms with van der Waals surface area (Å²) in [5.41, 5.74) is 4.28. The highest BCUT2D eigenvalue weighted by Gasteiger charge is 2.14. The Hall–Kier alpha value is -3.09. The van der Waals surface area contributed by atoms with Crippen LogP contribution in [0.4, 0.5) is 5.69 Å². The average Bonchev–Trinajstić information content (AvgIpc) is 2.76. The summed E-state index contributed by atoms with van der Waals surface area (Å²) in [6, 6.07) is 20.5. The molecule has 4 rings (SSSR count). The van der Waals surface area contributed by atoms with Crippen LogP contribution in [0.5, 0.6) is 0 Å². The van der Waals surface area contributed by atoms with E-state index in [-0.39, 0.29) is 17.2 Å². The van der Waals surface area contributed by atoms with Gasteiger partial charge in [-0.1, -0.05) is 65.3 Å². The van der Waals surface area contributed by atoms with Crippen molar-refractivity contribution in [2.24, 2.45) is 0 Å². The van der Waals surface area contributed by atoms with Crippen molar-refractivity contribution in [1.29, 1.82) is 0 Å². The van der Waals surface area contributed by atoms with Crippen LogP contribution in [-0.2, 0) is 11.3 Å². The first-order valence-corrected chi connectivity index (χ1v) is 11.5. The highest BCUT2D eigenvalue weighted by Crippen LogP contribution is 2.21. The zero-order chi connectivity index (χ0) is 22.7. The second-order valence-electron chi connectivity index (χ2n) is 7.59. The van der Waals surface area contributed by atoms with E-state index in [0.29, 0.717) is 27.6 Å². The van der Waals surface area contributed by atoms with E-state index in [9.17, 15) is 9.59 Å². The van der Waals surface area contributed by atoms with Gasteiger partial charge < -0.3 is 5.32 Å². The zero-order valence-electron chi connectivity index (χ0n) is 17.8. The van der Waals surface area contributed by atoms with Crippen LogP contribution in [0.3, 0.4) is 0 Å². The molecule has 32 heavy (non-hydrogen) atoms. The fourth-order valence-corrected chi connectivity index (χ4v) is 4.50. The second kappa shape index (κ2) is 9.59. The number of para-hydroxylation sites is 1. The Bertz CT molecular complexity index is 1370. The number of hydrogen-bond donors (Lipinski definition) is 1. The van der Waals surface area contributed by atoms with Crippen LogP contribution in [0, 0.1) is 13.8 Å². The van der Waals surface area contributed by atoms with E-state index >= 15 is 0 Å². The smallest absolute Gasteiger partial charge is 0.262 e. The van der Waals surface area contributed by atoms with Crippen LogP contribution in [0.15, 0.2) is 76.7 Å². The number of carbonyl (C=O) groups excluding carboxylic acids is 1. The summed E-state index contributed by atoms with van der Waals surface area (Å²) in [7, 11) is 0. The summed E-state index contributed by atoms with van der Waals surface area (Å²) in [6.45, 7) is 4.29. The molecule has 0 atom stereocenters. The molecule has 1 aromatic heterocycles. The van der Waals surface area contributed by atoms with Gasteiger partial charge in [0.2, 0.25) is 5.91 Å². The maximum absolute atomic E-state index is 13.2. The molecule has 162 valence electrons. The molecule has 5 nitrogen and oxygen atoms in total. The number of hydrogen-bond acceptors (Lipinski definition) is 4. The summed E-state index contributed by atoms with van der Waals surface area (Å²) in [6.07, 6.45) is 0. The van der Waals surface area contributed by atoms with E-state index in [0.717, 1.165) is 22.4 Å². The third kappa shape index (κ3) is 5.03. The minimum Gasteiger partial charge on any atom is -0.325 e. The topological polar surface area (TPSA) is 64.0 Å². The molecule has 0 saturated heterocycles. The highest BCUT2D eigenvalue weighted by atomic mass is 35.5. The number of halogens is 1. The number of nitrogens with zero attached hydrogens (tertiary/aromatic N) is 2. The summed E-state index contributed by atoms with van der Waals surface area (Å²) >= 11 is 7.37. The molecule has 0 unspecified atom stereocenters. The van der Waals surface area contributed by atoms with Gasteiger partial charge in [0, 0.05) is 10.7 Å². The maximum atomic E-state index is 13.2. The molecule has 0 aliphatic heterocycles. The van der Waals surface area contributed by atoms with Crippen LogP contribution >= 0.6 is 23.4 Å². The molecular formula is C25H22ClN3O2S. The molecule has 1 amide bonds. The Labute approximate surface area is 195 Å². The SMILES string of the molecule is Cc1ccc(NC(=O)CSc2nc3ccccc3c(=O)n2Cc2cccc(Cl)c2)c(C)c1. The summed E-state index contributed by atoms with van der Waals surface area (Å²) in [5.74, 6) is -0.0214. The number of fused-ring (bicyclic) bond motifs is 1. The Kier molecular flexibility index (Phi) is 6.63. The highest BCUT2D eigenvalue weighted by molar-refractivity contribution is 7.99. The van der Waals surface area contributed by atoms with Gasteiger partial charge in [0.1, 0.15) is 0 Å². The van der Waals surface area contributed by atoms with E-state index in [1.165, 1.54) is 11.8 Å². The van der Waals surface area contributed by atoms with Gasteiger partial charge in [-0.2, -0.15) is 0 Å². The lowest BCUT2D eigenvalue weighted by Gasteiger charge is -2.14. The van der Waals surface area contributed by atoms with E-state index in [4.69, 9.17) is 11.6 Å². The summed E-state index contributed by atoms with van der Waals surface area (Å²) in [4.78, 5) is 30.5. The Morgan fingerprint density at radius 2 is 1.88 bits per heavy atom. The number of nitrogens with one attached hydrogen (secondary N) is 1. The fourth-order valence-electron chi connectivity index (χ4n) is 3.49. The normalized spacial score (nSPS) is 11.0. The lowest BCUT2D eigenvalue weighted by atomic mass is 10.1. The molecular weight excluding hydrogens is 442 g/mol.